The lowest BCUT2D eigenvalue weighted by Gasteiger charge is -2.11. The van der Waals surface area contributed by atoms with Crippen molar-refractivity contribution in [3.05, 3.63) is 41.6 Å². The molecule has 10 heteroatoms. The van der Waals surface area contributed by atoms with E-state index in [1.807, 2.05) is 0 Å². The zero-order valence-corrected chi connectivity index (χ0v) is 14.8. The smallest absolute Gasteiger partial charge is 0.365 e. The Hall–Kier alpha value is -2.07. The fourth-order valence-electron chi connectivity index (χ4n) is 2.11. The van der Waals surface area contributed by atoms with Gasteiger partial charge in [0.1, 0.15) is 12.4 Å². The third-order valence-corrected chi connectivity index (χ3v) is 5.32. The number of rotatable bonds is 6. The molecule has 2 aromatic rings. The van der Waals surface area contributed by atoms with Crippen LogP contribution < -0.4 is 5.32 Å². The summed E-state index contributed by atoms with van der Waals surface area (Å²) in [6, 6.07) is 7.78. The van der Waals surface area contributed by atoms with E-state index >= 15 is 0 Å². The molecule has 0 fully saturated rings. The number of nitrogens with one attached hydrogen (secondary N) is 1. The number of aryl methyl sites for hydroxylation is 1. The Labute approximate surface area is 144 Å². The van der Waals surface area contributed by atoms with Gasteiger partial charge in [0.05, 0.1) is 4.90 Å². The maximum absolute atomic E-state index is 12.4. The van der Waals surface area contributed by atoms with Crippen LogP contribution in [0.5, 0.6) is 0 Å². The number of hydrogen-bond donors (Lipinski definition) is 1. The molecule has 0 aliphatic heterocycles. The summed E-state index contributed by atoms with van der Waals surface area (Å²) < 4.78 is 63.3. The minimum Gasteiger partial charge on any atom is -0.365 e. The topological polar surface area (TPSA) is 67.2 Å². The second-order valence-corrected chi connectivity index (χ2v) is 7.88. The average Bonchev–Trinajstić information content (AvgIpc) is 2.83. The van der Waals surface area contributed by atoms with E-state index in [0.717, 1.165) is 14.6 Å². The summed E-state index contributed by atoms with van der Waals surface area (Å²) in [5, 5.41) is 6.80. The summed E-state index contributed by atoms with van der Waals surface area (Å²) in [4.78, 5) is 0.173. The predicted octanol–water partition coefficient (Wildman–Crippen LogP) is 2.62. The first kappa shape index (κ1) is 19.3. The van der Waals surface area contributed by atoms with Crippen molar-refractivity contribution in [3.63, 3.8) is 0 Å². The Morgan fingerprint density at radius 2 is 1.80 bits per heavy atom. The largest absolute Gasteiger partial charge is 0.408 e. The highest BCUT2D eigenvalue weighted by Crippen LogP contribution is 2.20. The number of sulfonamides is 1. The lowest BCUT2D eigenvalue weighted by atomic mass is 10.2. The lowest BCUT2D eigenvalue weighted by molar-refractivity contribution is -0.142. The van der Waals surface area contributed by atoms with E-state index in [4.69, 9.17) is 0 Å². The molecular weight excluding hydrogens is 357 g/mol. The van der Waals surface area contributed by atoms with Crippen LogP contribution in [0.25, 0.3) is 0 Å². The number of aromatic nitrogens is 2. The Bertz CT molecular complexity index is 827. The quantitative estimate of drug-likeness (QED) is 0.842. The molecule has 1 N–H and O–H groups in total. The first-order chi connectivity index (χ1) is 11.5. The van der Waals surface area contributed by atoms with Crippen molar-refractivity contribution in [2.24, 2.45) is 0 Å². The summed E-state index contributed by atoms with van der Waals surface area (Å²) in [5.41, 5.74) is 1.17. The molecule has 0 bridgehead atoms. The van der Waals surface area contributed by atoms with Crippen LogP contribution in [-0.2, 0) is 23.1 Å². The lowest BCUT2D eigenvalue weighted by Crippen LogP contribution is -2.22. The van der Waals surface area contributed by atoms with E-state index in [9.17, 15) is 21.6 Å². The number of alkyl halides is 3. The van der Waals surface area contributed by atoms with E-state index in [2.05, 4.69) is 10.4 Å². The normalized spacial score (nSPS) is 12.6. The zero-order valence-electron chi connectivity index (χ0n) is 14.0. The van der Waals surface area contributed by atoms with Crippen molar-refractivity contribution in [2.45, 2.75) is 31.1 Å². The summed E-state index contributed by atoms with van der Waals surface area (Å²) in [6.45, 7) is 0.715. The molecule has 25 heavy (non-hydrogen) atoms. The summed E-state index contributed by atoms with van der Waals surface area (Å²) >= 11 is 0. The highest BCUT2D eigenvalue weighted by Gasteiger charge is 2.29. The molecule has 1 aromatic heterocycles. The third kappa shape index (κ3) is 4.95. The molecule has 0 saturated carbocycles. The van der Waals surface area contributed by atoms with Gasteiger partial charge in [-0.3, -0.25) is 4.68 Å². The van der Waals surface area contributed by atoms with E-state index in [0.29, 0.717) is 18.1 Å². The van der Waals surface area contributed by atoms with Gasteiger partial charge in [0.25, 0.3) is 0 Å². The van der Waals surface area contributed by atoms with E-state index in [-0.39, 0.29) is 4.90 Å². The molecular formula is C15H19F3N4O2S. The number of benzene rings is 1. The standard InChI is InChI=1S/C15H19F3N4O2S/c1-11-8-14(20-22(11)10-15(16,17)18)19-9-12-4-6-13(7-5-12)25(23,24)21(2)3/h4-8H,9-10H2,1-3H3,(H,19,20). The van der Waals surface area contributed by atoms with Crippen molar-refractivity contribution >= 4 is 15.8 Å². The van der Waals surface area contributed by atoms with Crippen LogP contribution in [0.2, 0.25) is 0 Å². The molecule has 138 valence electrons. The van der Waals surface area contributed by atoms with Gasteiger partial charge in [-0.25, -0.2) is 12.7 Å². The van der Waals surface area contributed by atoms with Crippen LogP contribution >= 0.6 is 0 Å². The Balaban J connectivity index is 2.04. The van der Waals surface area contributed by atoms with Crippen LogP contribution in [0, 0.1) is 6.92 Å². The first-order valence-electron chi connectivity index (χ1n) is 7.35. The van der Waals surface area contributed by atoms with Gasteiger partial charge in [-0.15, -0.1) is 0 Å². The maximum atomic E-state index is 12.4. The minimum atomic E-state index is -4.33. The Morgan fingerprint density at radius 3 is 2.32 bits per heavy atom. The zero-order chi connectivity index (χ0) is 18.8. The number of halogens is 3. The van der Waals surface area contributed by atoms with Gasteiger partial charge < -0.3 is 5.32 Å². The molecule has 0 spiro atoms. The Morgan fingerprint density at radius 1 is 1.20 bits per heavy atom. The van der Waals surface area contributed by atoms with Gasteiger partial charge in [-0.1, -0.05) is 12.1 Å². The predicted molar refractivity (Wildman–Crippen MR) is 87.7 cm³/mol. The summed E-state index contributed by atoms with van der Waals surface area (Å²) in [6.07, 6.45) is -4.33. The summed E-state index contributed by atoms with van der Waals surface area (Å²) in [7, 11) is -0.592. The molecule has 0 radical (unpaired) electrons. The fourth-order valence-corrected chi connectivity index (χ4v) is 3.01. The van der Waals surface area contributed by atoms with Crippen LogP contribution in [-0.4, -0.2) is 42.8 Å². The molecule has 0 aliphatic rings. The molecule has 0 unspecified atom stereocenters. The molecule has 0 amide bonds. The number of anilines is 1. The summed E-state index contributed by atoms with van der Waals surface area (Å²) in [5.74, 6) is 0.326. The van der Waals surface area contributed by atoms with Gasteiger partial charge in [0, 0.05) is 32.4 Å². The van der Waals surface area contributed by atoms with Gasteiger partial charge >= 0.3 is 6.18 Å². The third-order valence-electron chi connectivity index (χ3n) is 3.49. The fraction of sp³-hybridized carbons (Fsp3) is 0.400. The van der Waals surface area contributed by atoms with E-state index < -0.39 is 22.7 Å². The van der Waals surface area contributed by atoms with E-state index in [1.165, 1.54) is 32.3 Å². The SMILES string of the molecule is Cc1cc(NCc2ccc(S(=O)(=O)N(C)C)cc2)nn1CC(F)(F)F. The molecule has 0 atom stereocenters. The number of hydrogen-bond acceptors (Lipinski definition) is 4. The van der Waals surface area contributed by atoms with Crippen LogP contribution in [0.3, 0.4) is 0 Å². The van der Waals surface area contributed by atoms with E-state index in [1.54, 1.807) is 19.1 Å². The van der Waals surface area contributed by atoms with Crippen LogP contribution in [0.4, 0.5) is 19.0 Å². The highest BCUT2D eigenvalue weighted by atomic mass is 32.2. The van der Waals surface area contributed by atoms with Crippen LogP contribution in [0.15, 0.2) is 35.2 Å². The molecule has 1 heterocycles. The van der Waals surface area contributed by atoms with Crippen molar-refractivity contribution in [1.29, 1.82) is 0 Å². The highest BCUT2D eigenvalue weighted by molar-refractivity contribution is 7.89. The van der Waals surface area contributed by atoms with Gasteiger partial charge in [0.2, 0.25) is 10.0 Å². The van der Waals surface area contributed by atoms with Crippen molar-refractivity contribution < 1.29 is 21.6 Å². The Kier molecular flexibility index (Phi) is 5.43. The minimum absolute atomic E-state index is 0.173. The van der Waals surface area contributed by atoms with Crippen LogP contribution in [0.1, 0.15) is 11.3 Å². The van der Waals surface area contributed by atoms with Crippen molar-refractivity contribution in [3.8, 4) is 0 Å². The van der Waals surface area contributed by atoms with Crippen molar-refractivity contribution in [2.75, 3.05) is 19.4 Å². The first-order valence-corrected chi connectivity index (χ1v) is 8.79. The number of nitrogens with zero attached hydrogens (tertiary/aromatic N) is 3. The monoisotopic (exact) mass is 376 g/mol. The van der Waals surface area contributed by atoms with Gasteiger partial charge in [-0.2, -0.15) is 18.3 Å². The maximum Gasteiger partial charge on any atom is 0.408 e. The molecule has 0 aliphatic carbocycles. The molecule has 1 aromatic carbocycles. The van der Waals surface area contributed by atoms with Gasteiger partial charge in [-0.05, 0) is 24.6 Å². The van der Waals surface area contributed by atoms with Crippen molar-refractivity contribution in [1.82, 2.24) is 14.1 Å². The second-order valence-electron chi connectivity index (χ2n) is 5.73. The molecule has 2 rings (SSSR count). The molecule has 6 nitrogen and oxygen atoms in total. The average molecular weight is 376 g/mol. The van der Waals surface area contributed by atoms with Gasteiger partial charge in [0.15, 0.2) is 0 Å². The molecule has 0 saturated heterocycles. The second kappa shape index (κ2) is 7.04.